The number of aromatic hydroxyl groups is 1. The SMILES string of the molecule is COc1ccc(Br)cc1NC(=O)c1ncccc1O. The van der Waals surface area contributed by atoms with Crippen LogP contribution in [0.4, 0.5) is 5.69 Å². The Hall–Kier alpha value is -2.08. The van der Waals surface area contributed by atoms with Gasteiger partial charge in [0, 0.05) is 10.7 Å². The number of rotatable bonds is 3. The highest BCUT2D eigenvalue weighted by Crippen LogP contribution is 2.28. The van der Waals surface area contributed by atoms with Gasteiger partial charge in [-0.15, -0.1) is 0 Å². The van der Waals surface area contributed by atoms with E-state index in [1.165, 1.54) is 19.4 Å². The summed E-state index contributed by atoms with van der Waals surface area (Å²) >= 11 is 3.31. The summed E-state index contributed by atoms with van der Waals surface area (Å²) in [6, 6.07) is 8.17. The molecule has 0 fully saturated rings. The number of carbonyl (C=O) groups is 1. The number of ether oxygens (including phenoxy) is 1. The van der Waals surface area contributed by atoms with Crippen LogP contribution < -0.4 is 10.1 Å². The molecule has 0 atom stereocenters. The van der Waals surface area contributed by atoms with E-state index in [9.17, 15) is 9.90 Å². The van der Waals surface area contributed by atoms with Crippen molar-refractivity contribution in [2.75, 3.05) is 12.4 Å². The first kappa shape index (κ1) is 13.4. The number of amides is 1. The third-order valence-corrected chi connectivity index (χ3v) is 2.90. The lowest BCUT2D eigenvalue weighted by Crippen LogP contribution is -2.14. The zero-order valence-electron chi connectivity index (χ0n) is 10.1. The van der Waals surface area contributed by atoms with Gasteiger partial charge >= 0.3 is 0 Å². The maximum absolute atomic E-state index is 12.0. The molecule has 0 aliphatic carbocycles. The van der Waals surface area contributed by atoms with E-state index in [2.05, 4.69) is 26.2 Å². The van der Waals surface area contributed by atoms with Gasteiger partial charge in [-0.05, 0) is 30.3 Å². The molecule has 2 aromatic rings. The van der Waals surface area contributed by atoms with Gasteiger partial charge in [0.25, 0.3) is 5.91 Å². The van der Waals surface area contributed by atoms with Gasteiger partial charge in [0.1, 0.15) is 11.5 Å². The van der Waals surface area contributed by atoms with Crippen LogP contribution in [0.3, 0.4) is 0 Å². The van der Waals surface area contributed by atoms with Gasteiger partial charge in [-0.25, -0.2) is 4.98 Å². The molecule has 0 unspecified atom stereocenters. The fourth-order valence-electron chi connectivity index (χ4n) is 1.53. The molecule has 0 saturated heterocycles. The molecule has 6 heteroatoms. The van der Waals surface area contributed by atoms with Crippen LogP contribution in [0, 0.1) is 0 Å². The van der Waals surface area contributed by atoms with Crippen LogP contribution in [0.15, 0.2) is 41.0 Å². The molecule has 2 rings (SSSR count). The van der Waals surface area contributed by atoms with Crippen molar-refractivity contribution < 1.29 is 14.6 Å². The molecule has 0 aliphatic heterocycles. The standard InChI is InChI=1S/C13H11BrN2O3/c1-19-11-5-4-8(14)7-9(11)16-13(18)12-10(17)3-2-6-15-12/h2-7,17H,1H3,(H,16,18). The van der Waals surface area contributed by atoms with Gasteiger partial charge in [-0.3, -0.25) is 4.79 Å². The number of nitrogens with one attached hydrogen (secondary N) is 1. The Balaban J connectivity index is 2.29. The third kappa shape index (κ3) is 3.03. The molecule has 19 heavy (non-hydrogen) atoms. The topological polar surface area (TPSA) is 71.5 Å². The normalized spacial score (nSPS) is 10.0. The molecule has 1 heterocycles. The Kier molecular flexibility index (Phi) is 4.01. The molecular formula is C13H11BrN2O3. The number of hydrogen-bond acceptors (Lipinski definition) is 4. The Morgan fingerprint density at radius 2 is 2.21 bits per heavy atom. The minimum Gasteiger partial charge on any atom is -0.505 e. The summed E-state index contributed by atoms with van der Waals surface area (Å²) in [6.07, 6.45) is 1.44. The van der Waals surface area contributed by atoms with E-state index in [-0.39, 0.29) is 11.4 Å². The van der Waals surface area contributed by atoms with E-state index in [0.29, 0.717) is 11.4 Å². The second-order valence-electron chi connectivity index (χ2n) is 3.67. The van der Waals surface area contributed by atoms with Crippen molar-refractivity contribution in [2.24, 2.45) is 0 Å². The van der Waals surface area contributed by atoms with Gasteiger partial charge in [-0.1, -0.05) is 15.9 Å². The predicted molar refractivity (Wildman–Crippen MR) is 74.5 cm³/mol. The van der Waals surface area contributed by atoms with Gasteiger partial charge in [0.05, 0.1) is 12.8 Å². The predicted octanol–water partition coefficient (Wildman–Crippen LogP) is 2.81. The first-order valence-electron chi connectivity index (χ1n) is 5.40. The summed E-state index contributed by atoms with van der Waals surface area (Å²) < 4.78 is 5.95. The molecule has 98 valence electrons. The number of pyridine rings is 1. The fraction of sp³-hybridized carbons (Fsp3) is 0.0769. The third-order valence-electron chi connectivity index (χ3n) is 2.41. The van der Waals surface area contributed by atoms with Crippen LogP contribution in [-0.2, 0) is 0 Å². The summed E-state index contributed by atoms with van der Waals surface area (Å²) in [4.78, 5) is 15.8. The van der Waals surface area contributed by atoms with Crippen LogP contribution in [0.2, 0.25) is 0 Å². The summed E-state index contributed by atoms with van der Waals surface area (Å²) in [5.74, 6) is -0.157. The van der Waals surface area contributed by atoms with Crippen LogP contribution in [0.1, 0.15) is 10.5 Å². The summed E-state index contributed by atoms with van der Waals surface area (Å²) in [5.41, 5.74) is 0.455. The van der Waals surface area contributed by atoms with Crippen LogP contribution in [0.25, 0.3) is 0 Å². The monoisotopic (exact) mass is 322 g/mol. The van der Waals surface area contributed by atoms with Crippen molar-refractivity contribution in [3.63, 3.8) is 0 Å². The smallest absolute Gasteiger partial charge is 0.278 e. The molecule has 1 aromatic carbocycles. The fourth-order valence-corrected chi connectivity index (χ4v) is 1.89. The molecule has 1 amide bonds. The molecule has 0 spiro atoms. The molecular weight excluding hydrogens is 312 g/mol. The van der Waals surface area contributed by atoms with E-state index in [4.69, 9.17) is 4.74 Å². The summed E-state index contributed by atoms with van der Waals surface area (Å²) in [7, 11) is 1.51. The largest absolute Gasteiger partial charge is 0.505 e. The number of halogens is 1. The number of carbonyl (C=O) groups excluding carboxylic acids is 1. The van der Waals surface area contributed by atoms with Crippen molar-refractivity contribution in [3.05, 3.63) is 46.7 Å². The number of benzene rings is 1. The highest BCUT2D eigenvalue weighted by Gasteiger charge is 2.14. The lowest BCUT2D eigenvalue weighted by molar-refractivity contribution is 0.101. The summed E-state index contributed by atoms with van der Waals surface area (Å²) in [6.45, 7) is 0. The number of aromatic nitrogens is 1. The highest BCUT2D eigenvalue weighted by molar-refractivity contribution is 9.10. The number of nitrogens with zero attached hydrogens (tertiary/aromatic N) is 1. The summed E-state index contributed by atoms with van der Waals surface area (Å²) in [5, 5.41) is 12.2. The zero-order valence-corrected chi connectivity index (χ0v) is 11.6. The zero-order chi connectivity index (χ0) is 13.8. The maximum atomic E-state index is 12.0. The van der Waals surface area contributed by atoms with E-state index >= 15 is 0 Å². The lowest BCUT2D eigenvalue weighted by atomic mass is 10.2. The van der Waals surface area contributed by atoms with Gasteiger partial charge in [-0.2, -0.15) is 0 Å². The quantitative estimate of drug-likeness (QED) is 0.911. The van der Waals surface area contributed by atoms with Gasteiger partial charge in [0.2, 0.25) is 0 Å². The molecule has 0 radical (unpaired) electrons. The van der Waals surface area contributed by atoms with E-state index < -0.39 is 5.91 Å². The molecule has 0 saturated carbocycles. The van der Waals surface area contributed by atoms with Crippen molar-refractivity contribution in [3.8, 4) is 11.5 Å². The van der Waals surface area contributed by atoms with E-state index in [1.54, 1.807) is 24.3 Å². The number of methoxy groups -OCH3 is 1. The second-order valence-corrected chi connectivity index (χ2v) is 4.59. The first-order valence-corrected chi connectivity index (χ1v) is 6.20. The Morgan fingerprint density at radius 1 is 1.42 bits per heavy atom. The molecule has 2 N–H and O–H groups in total. The maximum Gasteiger partial charge on any atom is 0.278 e. The average Bonchev–Trinajstić information content (AvgIpc) is 2.39. The minimum absolute atomic E-state index is 0.0375. The van der Waals surface area contributed by atoms with Gasteiger partial charge < -0.3 is 15.2 Å². The van der Waals surface area contributed by atoms with Crippen molar-refractivity contribution in [1.82, 2.24) is 4.98 Å². The lowest BCUT2D eigenvalue weighted by Gasteiger charge is -2.10. The number of anilines is 1. The molecule has 1 aromatic heterocycles. The second kappa shape index (κ2) is 5.71. The van der Waals surface area contributed by atoms with Crippen molar-refractivity contribution in [2.45, 2.75) is 0 Å². The Morgan fingerprint density at radius 3 is 2.89 bits per heavy atom. The van der Waals surface area contributed by atoms with Crippen LogP contribution in [0.5, 0.6) is 11.5 Å². The van der Waals surface area contributed by atoms with Gasteiger partial charge in [0.15, 0.2) is 5.69 Å². The van der Waals surface area contributed by atoms with Crippen molar-refractivity contribution in [1.29, 1.82) is 0 Å². The van der Waals surface area contributed by atoms with E-state index in [0.717, 1.165) is 4.47 Å². The molecule has 5 nitrogen and oxygen atoms in total. The van der Waals surface area contributed by atoms with Crippen LogP contribution >= 0.6 is 15.9 Å². The Labute approximate surface area is 118 Å². The highest BCUT2D eigenvalue weighted by atomic mass is 79.9. The Bertz CT molecular complexity index is 617. The minimum atomic E-state index is -0.505. The van der Waals surface area contributed by atoms with Crippen LogP contribution in [-0.4, -0.2) is 23.1 Å². The molecule has 0 bridgehead atoms. The number of hydrogen-bond donors (Lipinski definition) is 2. The van der Waals surface area contributed by atoms with E-state index in [1.807, 2.05) is 0 Å². The average molecular weight is 323 g/mol. The first-order chi connectivity index (χ1) is 9.11. The van der Waals surface area contributed by atoms with Crippen molar-refractivity contribution >= 4 is 27.5 Å². The molecule has 0 aliphatic rings.